The summed E-state index contributed by atoms with van der Waals surface area (Å²) in [6.45, 7) is 6.17. The first-order valence-electron chi connectivity index (χ1n) is 7.86. The van der Waals surface area contributed by atoms with E-state index in [2.05, 4.69) is 27.5 Å². The third-order valence-electron chi connectivity index (χ3n) is 4.80. The number of rotatable bonds is 3. The Kier molecular flexibility index (Phi) is 7.80. The van der Waals surface area contributed by atoms with Crippen LogP contribution in [-0.4, -0.2) is 65.2 Å². The molecule has 1 saturated heterocycles. The summed E-state index contributed by atoms with van der Waals surface area (Å²) in [5, 5.41) is 10.7. The number of likely N-dealkylation sites (N-methyl/N-ethyl adjacent to an activating group) is 1. The maximum Gasteiger partial charge on any atom is 0.237 e. The van der Waals surface area contributed by atoms with E-state index in [4.69, 9.17) is 0 Å². The lowest BCUT2D eigenvalue weighted by molar-refractivity contribution is -0.133. The number of amides is 1. The molecule has 0 radical (unpaired) electrons. The van der Waals surface area contributed by atoms with Crippen LogP contribution in [0.25, 0.3) is 0 Å². The first-order valence-corrected chi connectivity index (χ1v) is 7.86. The molecule has 0 aliphatic carbocycles. The molecule has 0 bridgehead atoms. The summed E-state index contributed by atoms with van der Waals surface area (Å²) < 4.78 is 0. The molecule has 1 amide bonds. The van der Waals surface area contributed by atoms with Gasteiger partial charge in [-0.25, -0.2) is 0 Å². The second kappa shape index (κ2) is 8.87. The molecule has 0 spiro atoms. The van der Waals surface area contributed by atoms with Gasteiger partial charge in [0.2, 0.25) is 5.91 Å². The van der Waals surface area contributed by atoms with Crippen molar-refractivity contribution in [2.24, 2.45) is 0 Å². The predicted molar refractivity (Wildman–Crippen MR) is 95.5 cm³/mol. The summed E-state index contributed by atoms with van der Waals surface area (Å²) >= 11 is 0. The number of carbonyl (C=O) groups is 1. The molecule has 2 aliphatic heterocycles. The monoisotopic (exact) mass is 363 g/mol. The van der Waals surface area contributed by atoms with Crippen LogP contribution in [0.5, 0.6) is 0 Å². The number of nitrogens with zero attached hydrogens (tertiary/aromatic N) is 3. The first kappa shape index (κ1) is 20.2. The normalized spacial score (nSPS) is 18.1. The van der Waals surface area contributed by atoms with Gasteiger partial charge in [-0.1, -0.05) is 0 Å². The highest BCUT2D eigenvalue weighted by atomic mass is 35.5. The zero-order chi connectivity index (χ0) is 14.8. The zero-order valence-corrected chi connectivity index (χ0v) is 15.4. The van der Waals surface area contributed by atoms with Crippen molar-refractivity contribution in [1.29, 1.82) is 0 Å². The molecule has 3 heterocycles. The van der Waals surface area contributed by atoms with E-state index < -0.39 is 0 Å². The molecular weight excluding hydrogens is 337 g/mol. The van der Waals surface area contributed by atoms with E-state index in [-0.39, 0.29) is 30.7 Å². The maximum atomic E-state index is 12.5. The summed E-state index contributed by atoms with van der Waals surface area (Å²) in [5.74, 6) is 0.238. The van der Waals surface area contributed by atoms with Gasteiger partial charge < -0.3 is 10.2 Å². The number of fused-ring (bicyclic) bond motifs is 1. The Hall–Kier alpha value is -0.820. The molecule has 132 valence electrons. The molecule has 0 aromatic carbocycles. The molecule has 2 aliphatic rings. The Balaban J connectivity index is 0.00000132. The van der Waals surface area contributed by atoms with Crippen LogP contribution in [0.1, 0.15) is 29.8 Å². The molecule has 1 aromatic rings. The molecule has 8 heteroatoms. The Morgan fingerprint density at radius 3 is 2.74 bits per heavy atom. The van der Waals surface area contributed by atoms with E-state index in [1.54, 1.807) is 0 Å². The van der Waals surface area contributed by atoms with Crippen molar-refractivity contribution in [3.05, 3.63) is 17.0 Å². The van der Waals surface area contributed by atoms with Gasteiger partial charge in [-0.05, 0) is 39.9 Å². The highest BCUT2D eigenvalue weighted by Crippen LogP contribution is 2.20. The van der Waals surface area contributed by atoms with E-state index in [0.717, 1.165) is 50.3 Å². The minimum absolute atomic E-state index is 0. The van der Waals surface area contributed by atoms with E-state index >= 15 is 0 Å². The quantitative estimate of drug-likeness (QED) is 0.844. The van der Waals surface area contributed by atoms with E-state index in [9.17, 15) is 4.79 Å². The number of H-pyrrole nitrogens is 1. The van der Waals surface area contributed by atoms with E-state index in [1.807, 2.05) is 11.8 Å². The van der Waals surface area contributed by atoms with Gasteiger partial charge in [-0.3, -0.25) is 14.8 Å². The average molecular weight is 364 g/mol. The van der Waals surface area contributed by atoms with Gasteiger partial charge in [0.1, 0.15) is 0 Å². The number of carbonyl (C=O) groups excluding carboxylic acids is 1. The van der Waals surface area contributed by atoms with Gasteiger partial charge in [-0.15, -0.1) is 24.8 Å². The van der Waals surface area contributed by atoms with Crippen molar-refractivity contribution in [3.8, 4) is 0 Å². The van der Waals surface area contributed by atoms with Crippen LogP contribution < -0.4 is 5.32 Å². The van der Waals surface area contributed by atoms with Crippen LogP contribution in [0, 0.1) is 6.92 Å². The topological polar surface area (TPSA) is 64.3 Å². The van der Waals surface area contributed by atoms with Gasteiger partial charge in [0.15, 0.2) is 0 Å². The number of aromatic amines is 1. The summed E-state index contributed by atoms with van der Waals surface area (Å²) in [5.41, 5.74) is 3.43. The molecule has 1 aromatic heterocycles. The van der Waals surface area contributed by atoms with Crippen LogP contribution >= 0.6 is 24.8 Å². The molecule has 0 unspecified atom stereocenters. The van der Waals surface area contributed by atoms with Crippen LogP contribution in [0.3, 0.4) is 0 Å². The highest BCUT2D eigenvalue weighted by Gasteiger charge is 2.26. The number of aromatic nitrogens is 2. The summed E-state index contributed by atoms with van der Waals surface area (Å²) in [4.78, 5) is 16.7. The van der Waals surface area contributed by atoms with Crippen molar-refractivity contribution in [2.45, 2.75) is 38.8 Å². The third-order valence-corrected chi connectivity index (χ3v) is 4.80. The average Bonchev–Trinajstić information content (AvgIpc) is 2.89. The van der Waals surface area contributed by atoms with Crippen LogP contribution in [0.4, 0.5) is 0 Å². The van der Waals surface area contributed by atoms with Crippen molar-refractivity contribution < 1.29 is 4.79 Å². The molecule has 0 saturated carbocycles. The molecule has 1 fully saturated rings. The van der Waals surface area contributed by atoms with Crippen LogP contribution in [0.15, 0.2) is 0 Å². The molecular formula is C15H27Cl2N5O. The largest absolute Gasteiger partial charge is 0.337 e. The van der Waals surface area contributed by atoms with Crippen LogP contribution in [-0.2, 0) is 17.8 Å². The zero-order valence-electron chi connectivity index (χ0n) is 13.8. The predicted octanol–water partition coefficient (Wildman–Crippen LogP) is 1.13. The number of piperidine rings is 1. The van der Waals surface area contributed by atoms with Gasteiger partial charge in [0.25, 0.3) is 0 Å². The van der Waals surface area contributed by atoms with Crippen molar-refractivity contribution in [2.75, 3.05) is 33.2 Å². The summed E-state index contributed by atoms with van der Waals surface area (Å²) in [6, 6.07) is 0.534. The fourth-order valence-electron chi connectivity index (χ4n) is 3.33. The van der Waals surface area contributed by atoms with Crippen molar-refractivity contribution in [1.82, 2.24) is 25.3 Å². The second-order valence-corrected chi connectivity index (χ2v) is 6.24. The Labute approximate surface area is 150 Å². The van der Waals surface area contributed by atoms with E-state index in [0.29, 0.717) is 19.1 Å². The van der Waals surface area contributed by atoms with Crippen molar-refractivity contribution in [3.63, 3.8) is 0 Å². The summed E-state index contributed by atoms with van der Waals surface area (Å²) in [6.07, 6.45) is 3.13. The molecule has 6 nitrogen and oxygen atoms in total. The fraction of sp³-hybridized carbons (Fsp3) is 0.733. The third kappa shape index (κ3) is 4.59. The molecule has 0 atom stereocenters. The number of hydrogen-bond donors (Lipinski definition) is 2. The Morgan fingerprint density at radius 1 is 1.35 bits per heavy atom. The van der Waals surface area contributed by atoms with E-state index in [1.165, 1.54) is 5.56 Å². The lowest BCUT2D eigenvalue weighted by atomic mass is 10.0. The Morgan fingerprint density at radius 2 is 2.04 bits per heavy atom. The van der Waals surface area contributed by atoms with Gasteiger partial charge in [0, 0.05) is 36.8 Å². The smallest absolute Gasteiger partial charge is 0.237 e. The Bertz CT molecular complexity index is 516. The number of aryl methyl sites for hydroxylation is 1. The number of hydrogen-bond acceptors (Lipinski definition) is 4. The minimum Gasteiger partial charge on any atom is -0.337 e. The molecule has 3 rings (SSSR count). The minimum atomic E-state index is 0. The maximum absolute atomic E-state index is 12.5. The molecule has 2 N–H and O–H groups in total. The van der Waals surface area contributed by atoms with Gasteiger partial charge in [0.05, 0.1) is 12.2 Å². The van der Waals surface area contributed by atoms with Gasteiger partial charge in [-0.2, -0.15) is 5.10 Å². The SMILES string of the molecule is Cc1[nH]nc2c1CN(C(=O)CN(C)C1CCNCC1)CC2.Cl.Cl. The lowest BCUT2D eigenvalue weighted by Gasteiger charge is -2.34. The lowest BCUT2D eigenvalue weighted by Crippen LogP contribution is -2.47. The summed E-state index contributed by atoms with van der Waals surface area (Å²) in [7, 11) is 2.08. The fourth-order valence-corrected chi connectivity index (χ4v) is 3.33. The standard InChI is InChI=1S/C15H25N5O.2ClH/c1-11-13-9-20(8-5-14(13)18-17-11)15(21)10-19(2)12-3-6-16-7-4-12;;/h12,16H,3-10H2,1-2H3,(H,17,18);2*1H. The van der Waals surface area contributed by atoms with Crippen molar-refractivity contribution >= 4 is 30.7 Å². The first-order chi connectivity index (χ1) is 10.1. The number of halogens is 2. The van der Waals surface area contributed by atoms with Crippen LogP contribution in [0.2, 0.25) is 0 Å². The van der Waals surface area contributed by atoms with Gasteiger partial charge >= 0.3 is 0 Å². The second-order valence-electron chi connectivity index (χ2n) is 6.24. The highest BCUT2D eigenvalue weighted by molar-refractivity contribution is 5.85. The molecule has 23 heavy (non-hydrogen) atoms. The number of nitrogens with one attached hydrogen (secondary N) is 2.